The molecule has 1 aromatic heterocycles. The zero-order valence-corrected chi connectivity index (χ0v) is 21.0. The van der Waals surface area contributed by atoms with Crippen molar-refractivity contribution >= 4 is 40.0 Å². The molecule has 1 amide bonds. The highest BCUT2D eigenvalue weighted by Crippen LogP contribution is 2.31. The van der Waals surface area contributed by atoms with Gasteiger partial charge in [-0.25, -0.2) is 4.98 Å². The van der Waals surface area contributed by atoms with Gasteiger partial charge in [-0.1, -0.05) is 106 Å². The second-order valence-electron chi connectivity index (χ2n) is 8.63. The largest absolute Gasteiger partial charge is 0.352 e. The lowest BCUT2D eigenvalue weighted by Crippen LogP contribution is -2.24. The highest BCUT2D eigenvalue weighted by atomic mass is 35.5. The van der Waals surface area contributed by atoms with Gasteiger partial charge in [0.1, 0.15) is 0 Å². The quantitative estimate of drug-likeness (QED) is 0.246. The number of aromatic nitrogens is 1. The van der Waals surface area contributed by atoms with Gasteiger partial charge < -0.3 is 5.32 Å². The van der Waals surface area contributed by atoms with Crippen LogP contribution in [0.3, 0.4) is 0 Å². The molecule has 0 saturated carbocycles. The van der Waals surface area contributed by atoms with E-state index in [0.29, 0.717) is 27.8 Å². The first-order chi connectivity index (χ1) is 16.1. The molecule has 0 aliphatic carbocycles. The molecule has 0 atom stereocenters. The number of pyridine rings is 1. The van der Waals surface area contributed by atoms with Crippen molar-refractivity contribution in [2.75, 3.05) is 6.54 Å². The Morgan fingerprint density at radius 3 is 2.21 bits per heavy atom. The minimum atomic E-state index is -0.0733. The molecule has 0 saturated heterocycles. The molecule has 33 heavy (non-hydrogen) atoms. The molecule has 0 unspecified atom stereocenters. The van der Waals surface area contributed by atoms with Gasteiger partial charge in [-0.15, -0.1) is 0 Å². The van der Waals surface area contributed by atoms with Crippen molar-refractivity contribution in [3.8, 4) is 11.3 Å². The van der Waals surface area contributed by atoms with Crippen LogP contribution in [0.5, 0.6) is 0 Å². The molecule has 176 valence electrons. The maximum absolute atomic E-state index is 13.0. The summed E-state index contributed by atoms with van der Waals surface area (Å²) in [6.45, 7) is 2.94. The number of para-hydroxylation sites is 1. The number of hydrogen-bond donors (Lipinski definition) is 1. The highest BCUT2D eigenvalue weighted by Gasteiger charge is 2.15. The molecule has 3 rings (SSSR count). The van der Waals surface area contributed by atoms with E-state index < -0.39 is 0 Å². The Balaban J connectivity index is 1.56. The van der Waals surface area contributed by atoms with Crippen LogP contribution in [0.1, 0.15) is 81.5 Å². The Bertz CT molecular complexity index is 1050. The van der Waals surface area contributed by atoms with Crippen molar-refractivity contribution in [1.82, 2.24) is 10.3 Å². The molecular weight excluding hydrogens is 451 g/mol. The summed E-state index contributed by atoms with van der Waals surface area (Å²) in [4.78, 5) is 17.8. The van der Waals surface area contributed by atoms with Gasteiger partial charge >= 0.3 is 0 Å². The summed E-state index contributed by atoms with van der Waals surface area (Å²) in [5, 5.41) is 5.02. The van der Waals surface area contributed by atoms with Crippen molar-refractivity contribution in [3.05, 3.63) is 64.1 Å². The van der Waals surface area contributed by atoms with Crippen LogP contribution in [-0.2, 0) is 0 Å². The molecule has 0 fully saturated rings. The molecule has 1 heterocycles. The minimum absolute atomic E-state index is 0.0733. The first-order valence-electron chi connectivity index (χ1n) is 12.2. The fourth-order valence-corrected chi connectivity index (χ4v) is 4.61. The predicted molar refractivity (Wildman–Crippen MR) is 141 cm³/mol. The molecule has 0 spiro atoms. The van der Waals surface area contributed by atoms with Gasteiger partial charge in [-0.2, -0.15) is 0 Å². The van der Waals surface area contributed by atoms with E-state index in [1.807, 2.05) is 36.4 Å². The van der Waals surface area contributed by atoms with Crippen LogP contribution in [0.25, 0.3) is 22.2 Å². The number of rotatable bonds is 13. The topological polar surface area (TPSA) is 42.0 Å². The van der Waals surface area contributed by atoms with E-state index in [0.717, 1.165) is 29.3 Å². The fraction of sp³-hybridized carbons (Fsp3) is 0.429. The number of hydrogen-bond acceptors (Lipinski definition) is 2. The highest BCUT2D eigenvalue weighted by molar-refractivity contribution is 6.36. The standard InChI is InChI=1S/C28H34Cl2N2O/c1-2-3-4-5-6-7-8-9-10-13-18-31-28(33)24-20-27(23-17-16-21(29)19-25(23)30)32-26-15-12-11-14-22(24)26/h11-12,14-17,19-20H,2-10,13,18H2,1H3,(H,31,33). The van der Waals surface area contributed by atoms with Gasteiger partial charge in [-0.3, -0.25) is 4.79 Å². The number of nitrogens with zero attached hydrogens (tertiary/aromatic N) is 1. The number of amides is 1. The van der Waals surface area contributed by atoms with Crippen molar-refractivity contribution in [1.29, 1.82) is 0 Å². The summed E-state index contributed by atoms with van der Waals surface area (Å²) < 4.78 is 0. The number of nitrogens with one attached hydrogen (secondary N) is 1. The van der Waals surface area contributed by atoms with Crippen LogP contribution in [0.4, 0.5) is 0 Å². The van der Waals surface area contributed by atoms with Gasteiger partial charge in [0.15, 0.2) is 0 Å². The van der Waals surface area contributed by atoms with Crippen molar-refractivity contribution < 1.29 is 4.79 Å². The Hall–Kier alpha value is -2.10. The Morgan fingerprint density at radius 1 is 0.848 bits per heavy atom. The second kappa shape index (κ2) is 13.6. The van der Waals surface area contributed by atoms with E-state index in [9.17, 15) is 4.79 Å². The average molecular weight is 485 g/mol. The number of carbonyl (C=O) groups is 1. The average Bonchev–Trinajstić information content (AvgIpc) is 2.81. The van der Waals surface area contributed by atoms with E-state index in [1.54, 1.807) is 12.1 Å². The predicted octanol–water partition coefficient (Wildman–Crippen LogP) is 8.86. The van der Waals surface area contributed by atoms with E-state index in [2.05, 4.69) is 12.2 Å². The van der Waals surface area contributed by atoms with Crippen LogP contribution in [0.15, 0.2) is 48.5 Å². The van der Waals surface area contributed by atoms with E-state index in [-0.39, 0.29) is 5.91 Å². The SMILES string of the molecule is CCCCCCCCCCCCNC(=O)c1cc(-c2ccc(Cl)cc2Cl)nc2ccccc12. The van der Waals surface area contributed by atoms with Crippen LogP contribution in [0, 0.1) is 0 Å². The number of fused-ring (bicyclic) bond motifs is 1. The monoisotopic (exact) mass is 484 g/mol. The van der Waals surface area contributed by atoms with Crippen molar-refractivity contribution in [2.45, 2.75) is 71.1 Å². The minimum Gasteiger partial charge on any atom is -0.352 e. The number of carbonyl (C=O) groups excluding carboxylic acids is 1. The molecular formula is C28H34Cl2N2O. The Morgan fingerprint density at radius 2 is 1.52 bits per heavy atom. The maximum atomic E-state index is 13.0. The van der Waals surface area contributed by atoms with E-state index >= 15 is 0 Å². The van der Waals surface area contributed by atoms with Gasteiger partial charge in [0.25, 0.3) is 5.91 Å². The molecule has 3 nitrogen and oxygen atoms in total. The first-order valence-corrected chi connectivity index (χ1v) is 13.0. The summed E-state index contributed by atoms with van der Waals surface area (Å²) in [5.41, 5.74) is 2.81. The van der Waals surface area contributed by atoms with Crippen LogP contribution < -0.4 is 5.32 Å². The molecule has 0 aliphatic rings. The van der Waals surface area contributed by atoms with Crippen molar-refractivity contribution in [2.24, 2.45) is 0 Å². The van der Waals surface area contributed by atoms with Gasteiger partial charge in [0.05, 0.1) is 21.8 Å². The number of halogens is 2. The normalized spacial score (nSPS) is 11.1. The molecule has 0 bridgehead atoms. The fourth-order valence-electron chi connectivity index (χ4n) is 4.11. The molecule has 5 heteroatoms. The van der Waals surface area contributed by atoms with Gasteiger partial charge in [-0.05, 0) is 36.8 Å². The molecule has 2 aromatic carbocycles. The molecule has 3 aromatic rings. The third-order valence-electron chi connectivity index (χ3n) is 5.98. The lowest BCUT2D eigenvalue weighted by atomic mass is 10.0. The molecule has 0 aliphatic heterocycles. The van der Waals surface area contributed by atoms with E-state index in [1.165, 1.54) is 51.4 Å². The van der Waals surface area contributed by atoms with Crippen LogP contribution in [0.2, 0.25) is 10.0 Å². The summed E-state index contributed by atoms with van der Waals surface area (Å²) >= 11 is 12.5. The summed E-state index contributed by atoms with van der Waals surface area (Å²) in [7, 11) is 0. The van der Waals surface area contributed by atoms with Gasteiger partial charge in [0, 0.05) is 22.5 Å². The van der Waals surface area contributed by atoms with Crippen LogP contribution >= 0.6 is 23.2 Å². The van der Waals surface area contributed by atoms with Gasteiger partial charge in [0.2, 0.25) is 0 Å². The Kier molecular flexibility index (Phi) is 10.5. The number of benzene rings is 2. The zero-order chi connectivity index (χ0) is 23.5. The van der Waals surface area contributed by atoms with Crippen molar-refractivity contribution in [3.63, 3.8) is 0 Å². The third-order valence-corrected chi connectivity index (χ3v) is 6.53. The summed E-state index contributed by atoms with van der Waals surface area (Å²) in [5.74, 6) is -0.0733. The first kappa shape index (κ1) is 25.5. The Labute approximate surface area is 207 Å². The third kappa shape index (κ3) is 7.72. The zero-order valence-electron chi connectivity index (χ0n) is 19.5. The maximum Gasteiger partial charge on any atom is 0.252 e. The molecule has 0 radical (unpaired) electrons. The smallest absolute Gasteiger partial charge is 0.252 e. The summed E-state index contributed by atoms with van der Waals surface area (Å²) in [6.07, 6.45) is 12.8. The lowest BCUT2D eigenvalue weighted by molar-refractivity contribution is 0.0954. The lowest BCUT2D eigenvalue weighted by Gasteiger charge is -2.12. The van der Waals surface area contributed by atoms with E-state index in [4.69, 9.17) is 28.2 Å². The summed E-state index contributed by atoms with van der Waals surface area (Å²) in [6, 6.07) is 14.8. The second-order valence-corrected chi connectivity index (χ2v) is 9.48. The number of unbranched alkanes of at least 4 members (excludes halogenated alkanes) is 9. The molecule has 1 N–H and O–H groups in total. The van der Waals surface area contributed by atoms with Crippen LogP contribution in [-0.4, -0.2) is 17.4 Å².